The van der Waals surface area contributed by atoms with Crippen LogP contribution in [-0.4, -0.2) is 42.1 Å². The lowest BCUT2D eigenvalue weighted by molar-refractivity contribution is 0.225. The van der Waals surface area contributed by atoms with Gasteiger partial charge in [-0.05, 0) is 56.8 Å². The Kier molecular flexibility index (Phi) is 4.17. The van der Waals surface area contributed by atoms with Gasteiger partial charge in [0.1, 0.15) is 0 Å². The van der Waals surface area contributed by atoms with E-state index < -0.39 is 0 Å². The molecule has 2 N–H and O–H groups in total. The quantitative estimate of drug-likeness (QED) is 0.908. The summed E-state index contributed by atoms with van der Waals surface area (Å²) in [6.45, 7) is 4.97. The van der Waals surface area contributed by atoms with Crippen LogP contribution in [0.3, 0.4) is 0 Å². The van der Waals surface area contributed by atoms with Gasteiger partial charge in [-0.2, -0.15) is 0 Å². The molecule has 2 heterocycles. The van der Waals surface area contributed by atoms with E-state index in [0.29, 0.717) is 6.04 Å². The van der Waals surface area contributed by atoms with Crippen LogP contribution in [0.1, 0.15) is 36.9 Å². The number of nitrogens with zero attached hydrogens (tertiary/aromatic N) is 1. The third kappa shape index (κ3) is 2.92. The van der Waals surface area contributed by atoms with Crippen molar-refractivity contribution < 1.29 is 0 Å². The second-order valence-electron chi connectivity index (χ2n) is 6.92. The molecule has 0 radical (unpaired) electrons. The fraction of sp³-hybridized carbons (Fsp3) is 0.579. The monoisotopic (exact) mass is 297 g/mol. The number of fused-ring (bicyclic) bond motifs is 3. The maximum atomic E-state index is 3.81. The normalized spacial score (nSPS) is 22.8. The smallest absolute Gasteiger partial charge is 0.0458 e. The van der Waals surface area contributed by atoms with Gasteiger partial charge in [0.05, 0.1) is 0 Å². The average molecular weight is 297 g/mol. The molecule has 3 nitrogen and oxygen atoms in total. The number of aromatic nitrogens is 1. The van der Waals surface area contributed by atoms with Crippen molar-refractivity contribution in [1.82, 2.24) is 15.2 Å². The number of likely N-dealkylation sites (tertiary alicyclic amines) is 1. The van der Waals surface area contributed by atoms with Gasteiger partial charge in [0.15, 0.2) is 0 Å². The Hall–Kier alpha value is -1.32. The van der Waals surface area contributed by atoms with Crippen molar-refractivity contribution in [3.05, 3.63) is 35.5 Å². The van der Waals surface area contributed by atoms with Gasteiger partial charge in [0, 0.05) is 35.7 Å². The molecule has 0 bridgehead atoms. The number of aromatic amines is 1. The molecule has 1 aromatic carbocycles. The number of aryl methyl sites for hydroxylation is 1. The Labute approximate surface area is 133 Å². The van der Waals surface area contributed by atoms with Crippen molar-refractivity contribution in [2.45, 2.75) is 44.6 Å². The maximum Gasteiger partial charge on any atom is 0.0458 e. The zero-order valence-electron chi connectivity index (χ0n) is 13.4. The summed E-state index contributed by atoms with van der Waals surface area (Å²) in [7, 11) is 0. The molecule has 1 aliphatic carbocycles. The van der Waals surface area contributed by atoms with Crippen LogP contribution < -0.4 is 5.32 Å². The third-order valence-corrected chi connectivity index (χ3v) is 5.41. The first-order chi connectivity index (χ1) is 10.9. The van der Waals surface area contributed by atoms with Gasteiger partial charge in [-0.15, -0.1) is 0 Å². The molecule has 1 unspecified atom stereocenters. The second-order valence-corrected chi connectivity index (χ2v) is 6.92. The van der Waals surface area contributed by atoms with E-state index in [1.807, 2.05) is 0 Å². The molecule has 1 aliphatic heterocycles. The van der Waals surface area contributed by atoms with Crippen molar-refractivity contribution >= 4 is 10.9 Å². The van der Waals surface area contributed by atoms with Crippen molar-refractivity contribution in [3.63, 3.8) is 0 Å². The van der Waals surface area contributed by atoms with E-state index in [-0.39, 0.29) is 0 Å². The molecule has 0 saturated carbocycles. The standard InChI is InChI=1S/C19H27N3/c1-4-11-22(12-5-1)13-10-20-15-8-9-19-17(14-15)16-6-2-3-7-18(16)21-19/h2-3,6-7,15,20-21H,1,4-5,8-14H2. The molecule has 0 spiro atoms. The molecule has 118 valence electrons. The SMILES string of the molecule is c1ccc2c3c([nH]c2c1)CCC(NCCN1CCCCC1)C3. The van der Waals surface area contributed by atoms with Gasteiger partial charge in [0.25, 0.3) is 0 Å². The van der Waals surface area contributed by atoms with E-state index in [2.05, 4.69) is 39.5 Å². The van der Waals surface area contributed by atoms with Gasteiger partial charge in [-0.1, -0.05) is 24.6 Å². The summed E-state index contributed by atoms with van der Waals surface area (Å²) in [5.74, 6) is 0. The molecular formula is C19H27N3. The Balaban J connectivity index is 1.35. The zero-order valence-corrected chi connectivity index (χ0v) is 13.4. The van der Waals surface area contributed by atoms with Crippen molar-refractivity contribution in [3.8, 4) is 0 Å². The molecule has 1 aromatic heterocycles. The highest BCUT2D eigenvalue weighted by Crippen LogP contribution is 2.28. The number of rotatable bonds is 4. The number of hydrogen-bond donors (Lipinski definition) is 2. The molecule has 3 heteroatoms. The fourth-order valence-electron chi connectivity index (χ4n) is 4.15. The molecular weight excluding hydrogens is 270 g/mol. The minimum atomic E-state index is 0.650. The fourth-order valence-corrected chi connectivity index (χ4v) is 4.15. The molecule has 4 rings (SSSR count). The van der Waals surface area contributed by atoms with E-state index in [1.54, 1.807) is 5.56 Å². The number of benzene rings is 1. The summed E-state index contributed by atoms with van der Waals surface area (Å²) in [5, 5.41) is 5.24. The summed E-state index contributed by atoms with van der Waals surface area (Å²) in [6.07, 6.45) is 7.84. The summed E-state index contributed by atoms with van der Waals surface area (Å²) < 4.78 is 0. The third-order valence-electron chi connectivity index (χ3n) is 5.41. The Morgan fingerprint density at radius 2 is 2.00 bits per heavy atom. The second kappa shape index (κ2) is 6.43. The minimum absolute atomic E-state index is 0.650. The Morgan fingerprint density at radius 3 is 2.91 bits per heavy atom. The van der Waals surface area contributed by atoms with Crippen LogP contribution in [0.5, 0.6) is 0 Å². The topological polar surface area (TPSA) is 31.1 Å². The molecule has 1 atom stereocenters. The van der Waals surface area contributed by atoms with Gasteiger partial charge >= 0.3 is 0 Å². The Morgan fingerprint density at radius 1 is 1.14 bits per heavy atom. The average Bonchev–Trinajstić information content (AvgIpc) is 2.94. The van der Waals surface area contributed by atoms with E-state index in [1.165, 1.54) is 74.8 Å². The summed E-state index contributed by atoms with van der Waals surface area (Å²) in [6, 6.07) is 9.40. The van der Waals surface area contributed by atoms with Gasteiger partial charge in [-0.3, -0.25) is 0 Å². The van der Waals surface area contributed by atoms with Crippen molar-refractivity contribution in [2.24, 2.45) is 0 Å². The van der Waals surface area contributed by atoms with Crippen LogP contribution in [0.2, 0.25) is 0 Å². The van der Waals surface area contributed by atoms with Crippen LogP contribution in [0.25, 0.3) is 10.9 Å². The van der Waals surface area contributed by atoms with Crippen LogP contribution in [-0.2, 0) is 12.8 Å². The lowest BCUT2D eigenvalue weighted by Crippen LogP contribution is -2.41. The minimum Gasteiger partial charge on any atom is -0.358 e. The van der Waals surface area contributed by atoms with Gasteiger partial charge < -0.3 is 15.2 Å². The number of piperidine rings is 1. The zero-order chi connectivity index (χ0) is 14.8. The Bertz CT molecular complexity index is 625. The van der Waals surface area contributed by atoms with E-state index in [4.69, 9.17) is 0 Å². The molecule has 22 heavy (non-hydrogen) atoms. The van der Waals surface area contributed by atoms with E-state index in [9.17, 15) is 0 Å². The lowest BCUT2D eigenvalue weighted by Gasteiger charge is -2.28. The predicted molar refractivity (Wildman–Crippen MR) is 92.4 cm³/mol. The highest BCUT2D eigenvalue weighted by atomic mass is 15.1. The summed E-state index contributed by atoms with van der Waals surface area (Å²) in [4.78, 5) is 6.23. The lowest BCUT2D eigenvalue weighted by atomic mass is 9.91. The van der Waals surface area contributed by atoms with Gasteiger partial charge in [-0.25, -0.2) is 0 Å². The largest absolute Gasteiger partial charge is 0.358 e. The van der Waals surface area contributed by atoms with E-state index in [0.717, 1.165) is 6.54 Å². The summed E-state index contributed by atoms with van der Waals surface area (Å²) in [5.41, 5.74) is 4.33. The first kappa shape index (κ1) is 14.3. The van der Waals surface area contributed by atoms with Crippen LogP contribution in [0.15, 0.2) is 24.3 Å². The van der Waals surface area contributed by atoms with Gasteiger partial charge in [0.2, 0.25) is 0 Å². The van der Waals surface area contributed by atoms with E-state index >= 15 is 0 Å². The highest BCUT2D eigenvalue weighted by Gasteiger charge is 2.22. The number of para-hydroxylation sites is 1. The first-order valence-corrected chi connectivity index (χ1v) is 8.94. The van der Waals surface area contributed by atoms with Crippen LogP contribution >= 0.6 is 0 Å². The molecule has 2 aromatic rings. The van der Waals surface area contributed by atoms with Crippen molar-refractivity contribution in [1.29, 1.82) is 0 Å². The van der Waals surface area contributed by atoms with Crippen molar-refractivity contribution in [2.75, 3.05) is 26.2 Å². The summed E-state index contributed by atoms with van der Waals surface area (Å²) >= 11 is 0. The first-order valence-electron chi connectivity index (χ1n) is 8.94. The van der Waals surface area contributed by atoms with Crippen LogP contribution in [0, 0.1) is 0 Å². The number of nitrogens with one attached hydrogen (secondary N) is 2. The maximum absolute atomic E-state index is 3.81. The molecule has 2 aliphatic rings. The molecule has 0 amide bonds. The molecule has 1 saturated heterocycles. The number of hydrogen-bond acceptors (Lipinski definition) is 2. The van der Waals surface area contributed by atoms with Crippen LogP contribution in [0.4, 0.5) is 0 Å². The highest BCUT2D eigenvalue weighted by molar-refractivity contribution is 5.84. The molecule has 1 fully saturated rings. The predicted octanol–water partition coefficient (Wildman–Crippen LogP) is 3.10. The number of H-pyrrole nitrogens is 1.